The molecule has 14 nitrogen and oxygen atoms in total. The lowest BCUT2D eigenvalue weighted by molar-refractivity contribution is -0.319. The van der Waals surface area contributed by atoms with Crippen molar-refractivity contribution in [2.45, 2.75) is 179 Å². The van der Waals surface area contributed by atoms with Crippen molar-refractivity contribution >= 4 is 11.8 Å². The number of ketones is 1. The molecule has 3 saturated heterocycles. The molecule has 18 atom stereocenters. The standard InChI is InChI=1S/C38H69NO13/c1-15-26-38(10,45)31(42)21(4)28(40)19(2)17-37(9,47-14)33(52-35-29(41)25(39(11)12)16-20(3)48-35)22(5)30(23(6)34(44)50-26)51-27-18-36(8,46-13)32(43)24(7)49-27/h19-27,29-33,35,41-43,45H,15-18H2,1-14H3/t19-,20?,21+,22+,23-,24?,25+,26-,27+,29-,30+,31?,32+,33-,35+,36-,37-,38-/m1/s1. The van der Waals surface area contributed by atoms with Crippen LogP contribution in [0.1, 0.15) is 94.9 Å². The van der Waals surface area contributed by atoms with E-state index in [-0.39, 0.29) is 37.2 Å². The molecule has 3 heterocycles. The van der Waals surface area contributed by atoms with Crippen LogP contribution in [0, 0.1) is 23.7 Å². The second-order valence-corrected chi connectivity index (χ2v) is 16.6. The minimum absolute atomic E-state index is 0.111. The van der Waals surface area contributed by atoms with Crippen molar-refractivity contribution in [1.29, 1.82) is 0 Å². The molecule has 0 aliphatic carbocycles. The lowest BCUT2D eigenvalue weighted by Gasteiger charge is -2.50. The second-order valence-electron chi connectivity index (χ2n) is 16.6. The molecule has 3 aliphatic rings. The van der Waals surface area contributed by atoms with Crippen LogP contribution in [0.25, 0.3) is 0 Å². The van der Waals surface area contributed by atoms with E-state index in [1.165, 1.54) is 21.1 Å². The molecule has 3 fully saturated rings. The monoisotopic (exact) mass is 747 g/mol. The largest absolute Gasteiger partial charge is 0.459 e. The number of aliphatic hydroxyl groups excluding tert-OH is 3. The van der Waals surface area contributed by atoms with Gasteiger partial charge >= 0.3 is 5.97 Å². The van der Waals surface area contributed by atoms with Gasteiger partial charge < -0.3 is 58.5 Å². The van der Waals surface area contributed by atoms with E-state index in [0.717, 1.165) is 0 Å². The van der Waals surface area contributed by atoms with E-state index in [4.69, 9.17) is 33.2 Å². The Morgan fingerprint density at radius 2 is 1.44 bits per heavy atom. The molecule has 52 heavy (non-hydrogen) atoms. The van der Waals surface area contributed by atoms with Gasteiger partial charge in [-0.05, 0) is 74.9 Å². The van der Waals surface area contributed by atoms with Gasteiger partial charge in [0.1, 0.15) is 29.7 Å². The fourth-order valence-electron chi connectivity index (χ4n) is 8.58. The normalized spacial score (nSPS) is 49.0. The van der Waals surface area contributed by atoms with E-state index in [9.17, 15) is 30.0 Å². The van der Waals surface area contributed by atoms with Gasteiger partial charge in [0.2, 0.25) is 0 Å². The summed E-state index contributed by atoms with van der Waals surface area (Å²) in [6.45, 7) is 17.1. The van der Waals surface area contributed by atoms with Crippen LogP contribution in [0.15, 0.2) is 0 Å². The number of aliphatic hydroxyl groups is 4. The maximum Gasteiger partial charge on any atom is 0.311 e. The number of carbonyl (C=O) groups excluding carboxylic acids is 2. The Kier molecular flexibility index (Phi) is 15.3. The molecule has 0 spiro atoms. The second kappa shape index (κ2) is 17.7. The Bertz CT molecular complexity index is 1190. The summed E-state index contributed by atoms with van der Waals surface area (Å²) in [6.07, 6.45) is -8.73. The third-order valence-corrected chi connectivity index (χ3v) is 12.3. The van der Waals surface area contributed by atoms with Crippen LogP contribution in [0.4, 0.5) is 0 Å². The van der Waals surface area contributed by atoms with Gasteiger partial charge in [-0.25, -0.2) is 0 Å². The summed E-state index contributed by atoms with van der Waals surface area (Å²) in [4.78, 5) is 30.1. The topological polar surface area (TPSA) is 183 Å². The third-order valence-electron chi connectivity index (χ3n) is 12.3. The summed E-state index contributed by atoms with van der Waals surface area (Å²) in [5.74, 6) is -4.47. The maximum absolute atomic E-state index is 14.2. The van der Waals surface area contributed by atoms with Gasteiger partial charge in [-0.15, -0.1) is 0 Å². The number of nitrogens with zero attached hydrogens (tertiary/aromatic N) is 1. The first-order valence-corrected chi connectivity index (χ1v) is 18.9. The zero-order valence-corrected chi connectivity index (χ0v) is 33.9. The number of Topliss-reactive ketones (excluding diaryl/α,β-unsaturated/α-hetero) is 1. The number of likely N-dealkylation sites (N-methyl/N-ethyl adjacent to an activating group) is 1. The number of cyclic esters (lactones) is 1. The number of carbonyl (C=O) groups is 2. The van der Waals surface area contributed by atoms with E-state index in [2.05, 4.69) is 0 Å². The van der Waals surface area contributed by atoms with Crippen molar-refractivity contribution in [2.75, 3.05) is 28.3 Å². The highest BCUT2D eigenvalue weighted by Crippen LogP contribution is 2.41. The van der Waals surface area contributed by atoms with Crippen LogP contribution in [0.2, 0.25) is 0 Å². The Balaban J connectivity index is 2.22. The van der Waals surface area contributed by atoms with Crippen LogP contribution in [0.5, 0.6) is 0 Å². The SMILES string of the molecule is CC[C@H]1OC(=O)[C@H](C)[C@@H](O[C@H]2C[C@@](C)(OC)[C@@H](O)C(C)O2)[C@H](C)[C@@H](O[C@@H]2OC(C)C[C@H](N(C)C)[C@H]2O)[C@](C)(OC)C[C@@H](C)C(=O)[C@H](C)C(O)[C@]1(C)O. The van der Waals surface area contributed by atoms with Crippen LogP contribution in [0.3, 0.4) is 0 Å². The molecule has 14 heteroatoms. The molecular weight excluding hydrogens is 678 g/mol. The molecule has 0 radical (unpaired) electrons. The van der Waals surface area contributed by atoms with E-state index in [0.29, 0.717) is 6.42 Å². The number of methoxy groups -OCH3 is 2. The van der Waals surface area contributed by atoms with Gasteiger partial charge in [-0.3, -0.25) is 9.59 Å². The van der Waals surface area contributed by atoms with Crippen molar-refractivity contribution in [3.8, 4) is 0 Å². The summed E-state index contributed by atoms with van der Waals surface area (Å²) in [5.41, 5.74) is -4.24. The van der Waals surface area contributed by atoms with Crippen LogP contribution >= 0.6 is 0 Å². The molecule has 3 rings (SSSR count). The fourth-order valence-corrected chi connectivity index (χ4v) is 8.58. The van der Waals surface area contributed by atoms with Gasteiger partial charge in [0, 0.05) is 44.4 Å². The number of ether oxygens (including phenoxy) is 7. The molecule has 0 aromatic carbocycles. The molecule has 0 saturated carbocycles. The summed E-state index contributed by atoms with van der Waals surface area (Å²) in [6, 6.07) is -0.283. The zero-order valence-electron chi connectivity index (χ0n) is 33.9. The number of hydrogen-bond donors (Lipinski definition) is 4. The molecule has 0 amide bonds. The van der Waals surface area contributed by atoms with Gasteiger partial charge in [0.25, 0.3) is 0 Å². The first-order chi connectivity index (χ1) is 24.0. The Morgan fingerprint density at radius 1 is 0.846 bits per heavy atom. The molecule has 3 unspecified atom stereocenters. The fraction of sp³-hybridized carbons (Fsp3) is 0.947. The van der Waals surface area contributed by atoms with Crippen molar-refractivity contribution in [1.82, 2.24) is 4.90 Å². The minimum Gasteiger partial charge on any atom is -0.459 e. The van der Waals surface area contributed by atoms with Crippen molar-refractivity contribution in [3.05, 3.63) is 0 Å². The molecule has 0 aromatic rings. The van der Waals surface area contributed by atoms with Gasteiger partial charge in [-0.1, -0.05) is 27.7 Å². The first-order valence-electron chi connectivity index (χ1n) is 18.9. The molecular formula is C38H69NO13. The number of esters is 1. The Morgan fingerprint density at radius 3 is 1.98 bits per heavy atom. The summed E-state index contributed by atoms with van der Waals surface area (Å²) >= 11 is 0. The van der Waals surface area contributed by atoms with E-state index in [1.54, 1.807) is 48.5 Å². The Hall–Kier alpha value is -1.30. The average Bonchev–Trinajstić information content (AvgIpc) is 3.09. The predicted octanol–water partition coefficient (Wildman–Crippen LogP) is 2.44. The van der Waals surface area contributed by atoms with Gasteiger partial charge in [0.15, 0.2) is 12.6 Å². The van der Waals surface area contributed by atoms with Crippen molar-refractivity contribution < 1.29 is 63.2 Å². The minimum atomic E-state index is -1.96. The Labute approximate surface area is 310 Å². The summed E-state index contributed by atoms with van der Waals surface area (Å²) < 4.78 is 43.9. The first kappa shape index (κ1) is 45.1. The summed E-state index contributed by atoms with van der Waals surface area (Å²) in [5, 5.41) is 45.6. The lowest BCUT2D eigenvalue weighted by Crippen LogP contribution is -2.61. The highest BCUT2D eigenvalue weighted by atomic mass is 16.7. The molecule has 3 aliphatic heterocycles. The van der Waals surface area contributed by atoms with E-state index >= 15 is 0 Å². The van der Waals surface area contributed by atoms with Crippen LogP contribution in [-0.2, 0) is 42.7 Å². The van der Waals surface area contributed by atoms with Crippen LogP contribution < -0.4 is 0 Å². The average molecular weight is 748 g/mol. The highest BCUT2D eigenvalue weighted by molar-refractivity contribution is 5.83. The quantitative estimate of drug-likeness (QED) is 0.266. The molecule has 4 N–H and O–H groups in total. The smallest absolute Gasteiger partial charge is 0.311 e. The van der Waals surface area contributed by atoms with Crippen molar-refractivity contribution in [3.63, 3.8) is 0 Å². The van der Waals surface area contributed by atoms with Gasteiger partial charge in [-0.2, -0.15) is 0 Å². The maximum atomic E-state index is 14.2. The van der Waals surface area contributed by atoms with Crippen LogP contribution in [-0.4, -0.2) is 150 Å². The molecule has 0 bridgehead atoms. The molecule has 0 aromatic heterocycles. The number of rotatable bonds is 8. The summed E-state index contributed by atoms with van der Waals surface area (Å²) in [7, 11) is 6.77. The van der Waals surface area contributed by atoms with E-state index in [1.807, 2.05) is 32.8 Å². The van der Waals surface area contributed by atoms with E-state index < -0.39 is 102 Å². The lowest BCUT2D eigenvalue weighted by atomic mass is 9.74. The zero-order chi connectivity index (χ0) is 39.7. The third kappa shape index (κ3) is 9.38. The van der Waals surface area contributed by atoms with Gasteiger partial charge in [0.05, 0.1) is 47.6 Å². The highest BCUT2D eigenvalue weighted by Gasteiger charge is 2.54. The van der Waals surface area contributed by atoms with Crippen molar-refractivity contribution in [2.24, 2.45) is 23.7 Å². The number of hydrogen-bond acceptors (Lipinski definition) is 14. The molecule has 304 valence electrons. The predicted molar refractivity (Wildman–Crippen MR) is 191 cm³/mol.